The average Bonchev–Trinajstić information content (AvgIpc) is 2.56. The highest BCUT2D eigenvalue weighted by atomic mass is 35.5. The molecule has 3 rings (SSSR count). The van der Waals surface area contributed by atoms with E-state index in [-0.39, 0.29) is 6.10 Å². The van der Waals surface area contributed by atoms with Gasteiger partial charge in [-0.3, -0.25) is 0 Å². The molecule has 0 aliphatic carbocycles. The van der Waals surface area contributed by atoms with Crippen molar-refractivity contribution in [3.63, 3.8) is 0 Å². The molecule has 0 saturated carbocycles. The topological polar surface area (TPSA) is 27.9 Å². The van der Waals surface area contributed by atoms with Crippen molar-refractivity contribution in [3.05, 3.63) is 65.2 Å². The molecule has 1 fully saturated rings. The van der Waals surface area contributed by atoms with E-state index < -0.39 is 0 Å². The van der Waals surface area contributed by atoms with Gasteiger partial charge in [0.25, 0.3) is 0 Å². The van der Waals surface area contributed by atoms with Crippen LogP contribution in [0.4, 0.5) is 5.69 Å². The largest absolute Gasteiger partial charge is 0.382 e. The van der Waals surface area contributed by atoms with Crippen LogP contribution in [0, 0.1) is 0 Å². The van der Waals surface area contributed by atoms with Gasteiger partial charge in [-0.15, -0.1) is 0 Å². The molecule has 3 nitrogen and oxygen atoms in total. The van der Waals surface area contributed by atoms with Crippen LogP contribution in [0.5, 0.6) is 0 Å². The second-order valence-corrected chi connectivity index (χ2v) is 6.28. The third-order valence-corrected chi connectivity index (χ3v) is 4.55. The minimum atomic E-state index is -0.381. The second-order valence-electron chi connectivity index (χ2n) is 5.85. The summed E-state index contributed by atoms with van der Waals surface area (Å²) in [5.74, 6) is 0. The Labute approximate surface area is 136 Å². The molecule has 0 amide bonds. The number of aliphatic hydroxyl groups is 1. The molecule has 2 aromatic carbocycles. The Hall–Kier alpha value is -1.55. The van der Waals surface area contributed by atoms with Crippen LogP contribution in [0.3, 0.4) is 0 Å². The Bertz CT molecular complexity index is 597. The minimum absolute atomic E-state index is 0.381. The van der Waals surface area contributed by atoms with E-state index in [0.29, 0.717) is 0 Å². The van der Waals surface area contributed by atoms with Crippen molar-refractivity contribution in [2.24, 2.45) is 0 Å². The summed E-state index contributed by atoms with van der Waals surface area (Å²) in [6, 6.07) is 17.9. The quantitative estimate of drug-likeness (QED) is 0.899. The zero-order valence-electron chi connectivity index (χ0n) is 12.6. The Morgan fingerprint density at radius 3 is 2.45 bits per heavy atom. The number of quaternary nitrogens is 1. The third kappa shape index (κ3) is 3.80. The summed E-state index contributed by atoms with van der Waals surface area (Å²) in [6.45, 7) is 4.84. The molecule has 4 heteroatoms. The highest BCUT2D eigenvalue weighted by Gasteiger charge is 2.23. The van der Waals surface area contributed by atoms with Gasteiger partial charge in [0.1, 0.15) is 12.6 Å². The van der Waals surface area contributed by atoms with Crippen molar-refractivity contribution in [2.45, 2.75) is 6.10 Å². The lowest BCUT2D eigenvalue weighted by Crippen LogP contribution is -3.15. The molecule has 0 bridgehead atoms. The first-order valence-corrected chi connectivity index (χ1v) is 8.17. The predicted molar refractivity (Wildman–Crippen MR) is 90.6 cm³/mol. The minimum Gasteiger partial charge on any atom is -0.382 e. The van der Waals surface area contributed by atoms with Crippen molar-refractivity contribution in [2.75, 3.05) is 37.6 Å². The monoisotopic (exact) mass is 317 g/mol. The number of benzene rings is 2. The number of anilines is 1. The molecule has 0 radical (unpaired) electrons. The summed E-state index contributed by atoms with van der Waals surface area (Å²) in [5.41, 5.74) is 2.20. The first-order valence-electron chi connectivity index (χ1n) is 7.79. The number of nitrogens with zero attached hydrogens (tertiary/aromatic N) is 1. The van der Waals surface area contributed by atoms with Crippen LogP contribution in [0.1, 0.15) is 11.7 Å². The van der Waals surface area contributed by atoms with Crippen LogP contribution in [-0.4, -0.2) is 37.8 Å². The Morgan fingerprint density at radius 1 is 1.05 bits per heavy atom. The Balaban J connectivity index is 1.54. The molecule has 1 aliphatic heterocycles. The summed E-state index contributed by atoms with van der Waals surface area (Å²) in [4.78, 5) is 3.82. The van der Waals surface area contributed by atoms with Crippen molar-refractivity contribution < 1.29 is 10.0 Å². The number of halogens is 1. The van der Waals surface area contributed by atoms with Crippen LogP contribution >= 0.6 is 11.6 Å². The highest BCUT2D eigenvalue weighted by molar-refractivity contribution is 6.30. The van der Waals surface area contributed by atoms with Gasteiger partial charge >= 0.3 is 0 Å². The molecule has 116 valence electrons. The van der Waals surface area contributed by atoms with Crippen LogP contribution in [-0.2, 0) is 0 Å². The van der Waals surface area contributed by atoms with Gasteiger partial charge in [-0.25, -0.2) is 0 Å². The molecule has 22 heavy (non-hydrogen) atoms. The van der Waals surface area contributed by atoms with E-state index in [1.165, 1.54) is 10.6 Å². The number of piperazine rings is 1. The van der Waals surface area contributed by atoms with Crippen molar-refractivity contribution in [1.82, 2.24) is 0 Å². The van der Waals surface area contributed by atoms with E-state index in [1.807, 2.05) is 48.5 Å². The van der Waals surface area contributed by atoms with Gasteiger partial charge in [-0.05, 0) is 23.8 Å². The molecule has 1 aliphatic rings. The van der Waals surface area contributed by atoms with E-state index >= 15 is 0 Å². The maximum Gasteiger partial charge on any atom is 0.128 e. The lowest BCUT2D eigenvalue weighted by atomic mass is 10.1. The Kier molecular flexibility index (Phi) is 4.98. The normalized spacial score (nSPS) is 17.5. The first-order chi connectivity index (χ1) is 10.7. The van der Waals surface area contributed by atoms with Gasteiger partial charge < -0.3 is 14.9 Å². The standard InChI is InChI=1S/C18H21ClN2O/c19-16-7-4-8-17(13-16)21-11-9-20(10-12-21)14-18(22)15-5-2-1-3-6-15/h1-8,13,18,22H,9-12,14H2/p+1/t18-/m1/s1. The van der Waals surface area contributed by atoms with Crippen LogP contribution < -0.4 is 9.80 Å². The molecular weight excluding hydrogens is 296 g/mol. The van der Waals surface area contributed by atoms with Crippen LogP contribution in [0.2, 0.25) is 5.02 Å². The van der Waals surface area contributed by atoms with Crippen LogP contribution in [0.25, 0.3) is 0 Å². The molecule has 2 aromatic rings. The predicted octanol–water partition coefficient (Wildman–Crippen LogP) is 1.78. The number of hydrogen-bond donors (Lipinski definition) is 2. The fourth-order valence-corrected chi connectivity index (χ4v) is 3.21. The molecule has 0 spiro atoms. The zero-order valence-corrected chi connectivity index (χ0v) is 13.3. The van der Waals surface area contributed by atoms with E-state index in [4.69, 9.17) is 11.6 Å². The molecule has 1 heterocycles. The van der Waals surface area contributed by atoms with Gasteiger partial charge in [0.05, 0.1) is 26.2 Å². The maximum absolute atomic E-state index is 10.3. The van der Waals surface area contributed by atoms with Gasteiger partial charge in [0, 0.05) is 10.7 Å². The van der Waals surface area contributed by atoms with E-state index in [0.717, 1.165) is 43.3 Å². The van der Waals surface area contributed by atoms with Gasteiger partial charge in [-0.2, -0.15) is 0 Å². The fraction of sp³-hybridized carbons (Fsp3) is 0.333. The van der Waals surface area contributed by atoms with Gasteiger partial charge in [0.15, 0.2) is 0 Å². The van der Waals surface area contributed by atoms with Crippen molar-refractivity contribution in [3.8, 4) is 0 Å². The summed E-state index contributed by atoms with van der Waals surface area (Å²) >= 11 is 6.06. The lowest BCUT2D eigenvalue weighted by molar-refractivity contribution is -0.904. The van der Waals surface area contributed by atoms with Crippen LogP contribution in [0.15, 0.2) is 54.6 Å². The van der Waals surface area contributed by atoms with E-state index in [9.17, 15) is 5.11 Å². The van der Waals surface area contributed by atoms with E-state index in [1.54, 1.807) is 0 Å². The lowest BCUT2D eigenvalue weighted by Gasteiger charge is -2.34. The average molecular weight is 318 g/mol. The maximum atomic E-state index is 10.3. The summed E-state index contributed by atoms with van der Waals surface area (Å²) < 4.78 is 0. The highest BCUT2D eigenvalue weighted by Crippen LogP contribution is 2.19. The Morgan fingerprint density at radius 2 is 1.77 bits per heavy atom. The van der Waals surface area contributed by atoms with Crippen molar-refractivity contribution in [1.29, 1.82) is 0 Å². The van der Waals surface area contributed by atoms with Gasteiger partial charge in [0.2, 0.25) is 0 Å². The molecule has 1 saturated heterocycles. The smallest absolute Gasteiger partial charge is 0.128 e. The SMILES string of the molecule is O[C@H](C[NH+]1CCN(c2cccc(Cl)c2)CC1)c1ccccc1. The third-order valence-electron chi connectivity index (χ3n) is 4.31. The number of rotatable bonds is 4. The number of hydrogen-bond acceptors (Lipinski definition) is 2. The molecule has 2 N–H and O–H groups in total. The molecule has 1 atom stereocenters. The second kappa shape index (κ2) is 7.14. The van der Waals surface area contributed by atoms with E-state index in [2.05, 4.69) is 11.0 Å². The summed E-state index contributed by atoms with van der Waals surface area (Å²) in [6.07, 6.45) is -0.381. The first kappa shape index (κ1) is 15.3. The molecule has 0 unspecified atom stereocenters. The van der Waals surface area contributed by atoms with Gasteiger partial charge in [-0.1, -0.05) is 48.0 Å². The molecule has 0 aromatic heterocycles. The fourth-order valence-electron chi connectivity index (χ4n) is 3.02. The summed E-state index contributed by atoms with van der Waals surface area (Å²) in [5, 5.41) is 11.1. The van der Waals surface area contributed by atoms with Crippen molar-refractivity contribution >= 4 is 17.3 Å². The number of aliphatic hydroxyl groups excluding tert-OH is 1. The number of nitrogens with one attached hydrogen (secondary N) is 1. The summed E-state index contributed by atoms with van der Waals surface area (Å²) in [7, 11) is 0. The zero-order chi connectivity index (χ0) is 15.4. The molecular formula is C18H22ClN2O+.